The molecule has 1 aliphatic heterocycles. The lowest BCUT2D eigenvalue weighted by molar-refractivity contribution is -0.117. The van der Waals surface area contributed by atoms with Crippen LogP contribution in [0.15, 0.2) is 41.3 Å². The van der Waals surface area contributed by atoms with E-state index in [2.05, 4.69) is 12.2 Å². The molecule has 9 heteroatoms. The number of aryl methyl sites for hydroxylation is 1. The molecule has 3 atom stereocenters. The summed E-state index contributed by atoms with van der Waals surface area (Å²) in [6.45, 7) is 4.03. The van der Waals surface area contributed by atoms with Gasteiger partial charge < -0.3 is 23.7 Å². The molecule has 0 aromatic heterocycles. The van der Waals surface area contributed by atoms with Crippen LogP contribution in [0.2, 0.25) is 0 Å². The molecule has 1 saturated heterocycles. The highest BCUT2D eigenvalue weighted by atomic mass is 32.2. The van der Waals surface area contributed by atoms with E-state index in [0.29, 0.717) is 33.0 Å². The zero-order chi connectivity index (χ0) is 22.7. The van der Waals surface area contributed by atoms with E-state index in [1.807, 2.05) is 6.92 Å². The second-order valence-corrected chi connectivity index (χ2v) is 9.41. The van der Waals surface area contributed by atoms with Crippen LogP contribution in [0.4, 0.5) is 0 Å². The molecule has 0 radical (unpaired) electrons. The van der Waals surface area contributed by atoms with Gasteiger partial charge in [-0.05, 0) is 44.7 Å². The summed E-state index contributed by atoms with van der Waals surface area (Å²) in [6.07, 6.45) is 8.49. The van der Waals surface area contributed by atoms with Crippen molar-refractivity contribution in [3.05, 3.63) is 42.0 Å². The van der Waals surface area contributed by atoms with Crippen LogP contribution in [0.3, 0.4) is 0 Å². The molecule has 1 aliphatic carbocycles. The largest absolute Gasteiger partial charge is 0.377 e. The van der Waals surface area contributed by atoms with Gasteiger partial charge in [-0.1, -0.05) is 29.8 Å². The Kier molecular flexibility index (Phi) is 10.6. The van der Waals surface area contributed by atoms with Crippen molar-refractivity contribution in [3.63, 3.8) is 0 Å². The van der Waals surface area contributed by atoms with Crippen molar-refractivity contribution in [2.24, 2.45) is 0 Å². The van der Waals surface area contributed by atoms with E-state index >= 15 is 0 Å². The number of hydrogen-bond donors (Lipinski definition) is 0. The van der Waals surface area contributed by atoms with Crippen LogP contribution >= 0.6 is 0 Å². The predicted molar refractivity (Wildman–Crippen MR) is 118 cm³/mol. The van der Waals surface area contributed by atoms with E-state index in [1.54, 1.807) is 12.1 Å². The van der Waals surface area contributed by atoms with Gasteiger partial charge in [0.15, 0.2) is 6.29 Å². The Morgan fingerprint density at radius 3 is 1.94 bits per heavy atom. The summed E-state index contributed by atoms with van der Waals surface area (Å²) in [7, 11) is -3.75. The van der Waals surface area contributed by atoms with Crippen molar-refractivity contribution in [2.75, 3.05) is 46.2 Å². The highest BCUT2D eigenvalue weighted by Crippen LogP contribution is 2.28. The number of benzene rings is 1. The normalized spacial score (nSPS) is 24.6. The van der Waals surface area contributed by atoms with Crippen LogP contribution < -0.4 is 0 Å². The van der Waals surface area contributed by atoms with E-state index in [1.165, 1.54) is 12.1 Å². The number of allylic oxidation sites excluding steroid dienone is 2. The van der Waals surface area contributed by atoms with Crippen LogP contribution in [0.1, 0.15) is 31.2 Å². The molecule has 2 aliphatic rings. The summed E-state index contributed by atoms with van der Waals surface area (Å²) < 4.78 is 57.3. The minimum absolute atomic E-state index is 0.0429. The number of ether oxygens (including phenoxy) is 5. The van der Waals surface area contributed by atoms with Gasteiger partial charge in [0.2, 0.25) is 0 Å². The first-order chi connectivity index (χ1) is 15.5. The second kappa shape index (κ2) is 13.4. The molecular weight excluding hydrogens is 436 g/mol. The average Bonchev–Trinajstić information content (AvgIpc) is 3.13. The van der Waals surface area contributed by atoms with E-state index in [-0.39, 0.29) is 36.6 Å². The van der Waals surface area contributed by atoms with Gasteiger partial charge in [-0.2, -0.15) is 8.42 Å². The van der Waals surface area contributed by atoms with Crippen molar-refractivity contribution in [1.82, 2.24) is 0 Å². The first-order valence-corrected chi connectivity index (χ1v) is 12.6. The summed E-state index contributed by atoms with van der Waals surface area (Å²) >= 11 is 0. The highest BCUT2D eigenvalue weighted by molar-refractivity contribution is 7.86. The fourth-order valence-corrected chi connectivity index (χ4v) is 4.43. The summed E-state index contributed by atoms with van der Waals surface area (Å²) in [5.74, 6) is 0. The zero-order valence-electron chi connectivity index (χ0n) is 18.6. The first kappa shape index (κ1) is 25.3. The van der Waals surface area contributed by atoms with Crippen molar-refractivity contribution in [3.8, 4) is 0 Å². The molecule has 3 rings (SSSR count). The molecule has 0 amide bonds. The smallest absolute Gasteiger partial charge is 0.297 e. The van der Waals surface area contributed by atoms with Gasteiger partial charge >= 0.3 is 0 Å². The van der Waals surface area contributed by atoms with Gasteiger partial charge in [-0.15, -0.1) is 0 Å². The van der Waals surface area contributed by atoms with Gasteiger partial charge in [0, 0.05) is 0 Å². The molecule has 0 N–H and O–H groups in total. The SMILES string of the molecule is Cc1ccc(S(=O)(=O)OCCOCCOCCOCC2O[C@H]3CC/C=C/CC[C@H]3O2)cc1. The Labute approximate surface area is 190 Å². The maximum Gasteiger partial charge on any atom is 0.297 e. The predicted octanol–water partition coefficient (Wildman–Crippen LogP) is 2.99. The van der Waals surface area contributed by atoms with Crippen molar-refractivity contribution in [1.29, 1.82) is 0 Å². The van der Waals surface area contributed by atoms with E-state index in [9.17, 15) is 8.42 Å². The molecule has 0 saturated carbocycles. The van der Waals surface area contributed by atoms with Crippen LogP contribution in [0, 0.1) is 6.92 Å². The van der Waals surface area contributed by atoms with E-state index < -0.39 is 10.1 Å². The third-order valence-electron chi connectivity index (χ3n) is 5.24. The monoisotopic (exact) mass is 470 g/mol. The molecule has 1 aromatic rings. The van der Waals surface area contributed by atoms with E-state index in [4.69, 9.17) is 27.9 Å². The molecule has 8 nitrogen and oxygen atoms in total. The second-order valence-electron chi connectivity index (χ2n) is 7.79. The standard InChI is InChI=1S/C23H34O8S/c1-19-8-10-20(11-9-19)32(24,25)29-17-16-27-13-12-26-14-15-28-18-23-30-21-6-4-2-3-5-7-22(21)31-23/h2-3,8-11,21-23H,4-7,12-18H2,1H3/b3-2+/t21-,22+,23?. The molecule has 0 bridgehead atoms. The number of hydrogen-bond acceptors (Lipinski definition) is 8. The third-order valence-corrected chi connectivity index (χ3v) is 6.57. The average molecular weight is 471 g/mol. The summed E-state index contributed by atoms with van der Waals surface area (Å²) in [6, 6.07) is 6.51. The lowest BCUT2D eigenvalue weighted by atomic mass is 10.0. The van der Waals surface area contributed by atoms with Gasteiger partial charge in [0.1, 0.15) is 0 Å². The maximum atomic E-state index is 12.0. The van der Waals surface area contributed by atoms with Crippen molar-refractivity contribution >= 4 is 10.1 Å². The molecule has 1 aromatic carbocycles. The lowest BCUT2D eigenvalue weighted by Gasteiger charge is -2.16. The van der Waals surface area contributed by atoms with E-state index in [0.717, 1.165) is 31.2 Å². The quantitative estimate of drug-likeness (QED) is 0.247. The van der Waals surface area contributed by atoms with Gasteiger partial charge in [0.05, 0.1) is 63.4 Å². The Morgan fingerprint density at radius 2 is 1.34 bits per heavy atom. The fourth-order valence-electron chi connectivity index (χ4n) is 3.54. The van der Waals surface area contributed by atoms with Gasteiger partial charge in [0.25, 0.3) is 10.1 Å². The number of fused-ring (bicyclic) bond motifs is 1. The topological polar surface area (TPSA) is 89.5 Å². The highest BCUT2D eigenvalue weighted by Gasteiger charge is 2.35. The summed E-state index contributed by atoms with van der Waals surface area (Å²) in [5.41, 5.74) is 0.985. The van der Waals surface area contributed by atoms with Crippen LogP contribution in [0.25, 0.3) is 0 Å². The molecule has 1 heterocycles. The van der Waals surface area contributed by atoms with Crippen LogP contribution in [-0.4, -0.2) is 73.2 Å². The maximum absolute atomic E-state index is 12.0. The zero-order valence-corrected chi connectivity index (χ0v) is 19.5. The summed E-state index contributed by atoms with van der Waals surface area (Å²) in [4.78, 5) is 0.140. The lowest BCUT2D eigenvalue weighted by Crippen LogP contribution is -2.22. The number of rotatable bonds is 13. The van der Waals surface area contributed by atoms with Crippen LogP contribution in [0.5, 0.6) is 0 Å². The molecule has 1 fully saturated rings. The minimum atomic E-state index is -3.75. The van der Waals surface area contributed by atoms with Crippen molar-refractivity contribution in [2.45, 2.75) is 56.0 Å². The Hall–Kier alpha value is -1.33. The Bertz CT molecular complexity index is 775. The molecule has 1 unspecified atom stereocenters. The fraction of sp³-hybridized carbons (Fsp3) is 0.652. The third kappa shape index (κ3) is 8.55. The minimum Gasteiger partial charge on any atom is -0.377 e. The van der Waals surface area contributed by atoms with Gasteiger partial charge in [-0.25, -0.2) is 0 Å². The molecule has 0 spiro atoms. The summed E-state index contributed by atoms with van der Waals surface area (Å²) in [5, 5.41) is 0. The molecule has 32 heavy (non-hydrogen) atoms. The van der Waals surface area contributed by atoms with Crippen LogP contribution in [-0.2, 0) is 38.0 Å². The Balaban J connectivity index is 1.14. The first-order valence-electron chi connectivity index (χ1n) is 11.2. The molecular formula is C23H34O8S. The Morgan fingerprint density at radius 1 is 0.812 bits per heavy atom. The molecule has 180 valence electrons. The van der Waals surface area contributed by atoms with Gasteiger partial charge in [-0.3, -0.25) is 4.18 Å². The van der Waals surface area contributed by atoms with Crippen molar-refractivity contribution < 1.29 is 36.3 Å².